The van der Waals surface area contributed by atoms with E-state index in [4.69, 9.17) is 10.5 Å². The second kappa shape index (κ2) is 3.36. The zero-order valence-corrected chi connectivity index (χ0v) is 7.62. The molecule has 2 nitrogen and oxygen atoms in total. The summed E-state index contributed by atoms with van der Waals surface area (Å²) in [7, 11) is 0. The highest BCUT2D eigenvalue weighted by Crippen LogP contribution is 2.34. The lowest BCUT2D eigenvalue weighted by atomic mass is 10.0. The molecule has 1 aliphatic rings. The summed E-state index contributed by atoms with van der Waals surface area (Å²) in [6.45, 7) is 0. The van der Waals surface area contributed by atoms with Crippen molar-refractivity contribution in [2.24, 2.45) is 0 Å². The summed E-state index contributed by atoms with van der Waals surface area (Å²) in [6, 6.07) is 9.91. The van der Waals surface area contributed by atoms with Crippen molar-refractivity contribution in [3.63, 3.8) is 0 Å². The molecule has 0 atom stereocenters. The molecule has 0 saturated carbocycles. The molecule has 0 unspecified atom stereocenters. The number of hydrogen-bond acceptors (Lipinski definition) is 2. The Bertz CT molecular complexity index is 484. The number of aryl methyl sites for hydroxylation is 1. The minimum Gasteiger partial charge on any atom is -0.193 e. The lowest BCUT2D eigenvalue weighted by Crippen LogP contribution is -1.86. The predicted octanol–water partition coefficient (Wildman–Crippen LogP) is 2.41. The Labute approximate surface area is 82.7 Å². The average molecular weight is 180 g/mol. The van der Waals surface area contributed by atoms with Gasteiger partial charge in [0.2, 0.25) is 0 Å². The molecule has 0 N–H and O–H groups in total. The van der Waals surface area contributed by atoms with Crippen LogP contribution < -0.4 is 0 Å². The first-order valence-electron chi connectivity index (χ1n) is 4.48. The highest BCUT2D eigenvalue weighted by Gasteiger charge is 2.18. The topological polar surface area (TPSA) is 47.6 Å². The van der Waals surface area contributed by atoms with Crippen molar-refractivity contribution in [2.45, 2.75) is 12.8 Å². The van der Waals surface area contributed by atoms with Gasteiger partial charge in [-0.25, -0.2) is 0 Å². The fourth-order valence-corrected chi connectivity index (χ4v) is 1.90. The van der Waals surface area contributed by atoms with Gasteiger partial charge in [0.1, 0.15) is 0 Å². The van der Waals surface area contributed by atoms with Crippen LogP contribution in [0.15, 0.2) is 24.3 Å². The maximum absolute atomic E-state index is 8.93. The Morgan fingerprint density at radius 3 is 2.79 bits per heavy atom. The van der Waals surface area contributed by atoms with E-state index in [0.717, 1.165) is 24.0 Å². The molecule has 0 heterocycles. The second-order valence-electron chi connectivity index (χ2n) is 3.25. The van der Waals surface area contributed by atoms with Crippen LogP contribution >= 0.6 is 0 Å². The number of nitriles is 2. The van der Waals surface area contributed by atoms with Crippen LogP contribution in [0.1, 0.15) is 23.1 Å². The number of fused-ring (bicyclic) bond motifs is 1. The van der Waals surface area contributed by atoms with Crippen LogP contribution in [0.4, 0.5) is 0 Å². The first kappa shape index (κ1) is 8.53. The third kappa shape index (κ3) is 1.18. The summed E-state index contributed by atoms with van der Waals surface area (Å²) in [4.78, 5) is 0. The smallest absolute Gasteiger partial charge is 0.0998 e. The van der Waals surface area contributed by atoms with E-state index in [1.165, 1.54) is 5.56 Å². The fourth-order valence-electron chi connectivity index (χ4n) is 1.90. The first-order chi connectivity index (χ1) is 6.86. The van der Waals surface area contributed by atoms with Gasteiger partial charge in [0.05, 0.1) is 17.7 Å². The maximum atomic E-state index is 8.93. The second-order valence-corrected chi connectivity index (χ2v) is 3.25. The molecule has 0 radical (unpaired) electrons. The number of nitrogens with zero attached hydrogens (tertiary/aromatic N) is 2. The highest BCUT2D eigenvalue weighted by atomic mass is 14.3. The molecule has 0 saturated heterocycles. The van der Waals surface area contributed by atoms with E-state index in [9.17, 15) is 0 Å². The predicted molar refractivity (Wildman–Crippen MR) is 53.1 cm³/mol. The van der Waals surface area contributed by atoms with Crippen molar-refractivity contribution in [3.05, 3.63) is 41.0 Å². The molecule has 0 bridgehead atoms. The summed E-state index contributed by atoms with van der Waals surface area (Å²) < 4.78 is 0. The van der Waals surface area contributed by atoms with Gasteiger partial charge in [-0.2, -0.15) is 10.5 Å². The molecular weight excluding hydrogens is 172 g/mol. The summed E-state index contributed by atoms with van der Waals surface area (Å²) in [5.74, 6) is 0. The van der Waals surface area contributed by atoms with Crippen LogP contribution in [-0.4, -0.2) is 0 Å². The SMILES string of the molecule is N#CC=C1CCc2cccc(C#N)c21. The van der Waals surface area contributed by atoms with Crippen molar-refractivity contribution in [1.29, 1.82) is 10.5 Å². The molecule has 0 aliphatic heterocycles. The summed E-state index contributed by atoms with van der Waals surface area (Å²) in [5, 5.41) is 17.5. The molecule has 1 aromatic carbocycles. The third-order valence-electron chi connectivity index (χ3n) is 2.49. The molecule has 0 aromatic heterocycles. The van der Waals surface area contributed by atoms with Crippen LogP contribution in [0.2, 0.25) is 0 Å². The minimum absolute atomic E-state index is 0.682. The fraction of sp³-hybridized carbons (Fsp3) is 0.167. The van der Waals surface area contributed by atoms with Crippen molar-refractivity contribution in [1.82, 2.24) is 0 Å². The van der Waals surface area contributed by atoms with Gasteiger partial charge in [0.25, 0.3) is 0 Å². The van der Waals surface area contributed by atoms with Gasteiger partial charge < -0.3 is 0 Å². The van der Waals surface area contributed by atoms with Gasteiger partial charge in [0, 0.05) is 6.08 Å². The highest BCUT2D eigenvalue weighted by molar-refractivity contribution is 5.78. The van der Waals surface area contributed by atoms with Crippen LogP contribution in [0.25, 0.3) is 5.57 Å². The lowest BCUT2D eigenvalue weighted by Gasteiger charge is -2.01. The van der Waals surface area contributed by atoms with E-state index in [-0.39, 0.29) is 0 Å². The zero-order valence-electron chi connectivity index (χ0n) is 7.62. The van der Waals surface area contributed by atoms with Crippen LogP contribution in [-0.2, 0) is 6.42 Å². The van der Waals surface area contributed by atoms with Crippen molar-refractivity contribution in [2.75, 3.05) is 0 Å². The molecule has 2 heteroatoms. The summed E-state index contributed by atoms with van der Waals surface area (Å²) in [6.07, 6.45) is 3.37. The van der Waals surface area contributed by atoms with Gasteiger partial charge in [-0.3, -0.25) is 0 Å². The van der Waals surface area contributed by atoms with Crippen molar-refractivity contribution in [3.8, 4) is 12.1 Å². The van der Waals surface area contributed by atoms with E-state index in [1.807, 2.05) is 18.2 Å². The van der Waals surface area contributed by atoms with Gasteiger partial charge in [-0.05, 0) is 35.6 Å². The van der Waals surface area contributed by atoms with Crippen molar-refractivity contribution < 1.29 is 0 Å². The quantitative estimate of drug-likeness (QED) is 0.575. The molecule has 14 heavy (non-hydrogen) atoms. The minimum atomic E-state index is 0.682. The monoisotopic (exact) mass is 180 g/mol. The van der Waals surface area contributed by atoms with Crippen LogP contribution in [0.3, 0.4) is 0 Å². The normalized spacial score (nSPS) is 16.0. The van der Waals surface area contributed by atoms with Gasteiger partial charge in [-0.15, -0.1) is 0 Å². The molecular formula is C12H8N2. The van der Waals surface area contributed by atoms with Crippen molar-refractivity contribution >= 4 is 5.57 Å². The Balaban J connectivity index is 2.65. The van der Waals surface area contributed by atoms with E-state index in [2.05, 4.69) is 6.07 Å². The molecule has 1 aliphatic carbocycles. The summed E-state index contributed by atoms with van der Waals surface area (Å²) in [5.41, 5.74) is 3.85. The Kier molecular flexibility index (Phi) is 2.05. The largest absolute Gasteiger partial charge is 0.193 e. The van der Waals surface area contributed by atoms with E-state index in [0.29, 0.717) is 5.56 Å². The van der Waals surface area contributed by atoms with E-state index < -0.39 is 0 Å². The average Bonchev–Trinajstić information content (AvgIpc) is 2.62. The molecule has 0 fully saturated rings. The van der Waals surface area contributed by atoms with E-state index >= 15 is 0 Å². The number of hydrogen-bond donors (Lipinski definition) is 0. The van der Waals surface area contributed by atoms with Gasteiger partial charge >= 0.3 is 0 Å². The molecule has 0 amide bonds. The number of allylic oxidation sites excluding steroid dienone is 2. The molecule has 66 valence electrons. The molecule has 2 rings (SSSR count). The number of benzene rings is 1. The van der Waals surface area contributed by atoms with Crippen LogP contribution in [0.5, 0.6) is 0 Å². The van der Waals surface area contributed by atoms with Crippen LogP contribution in [0, 0.1) is 22.7 Å². The molecule has 0 spiro atoms. The number of rotatable bonds is 0. The van der Waals surface area contributed by atoms with Gasteiger partial charge in [0.15, 0.2) is 0 Å². The van der Waals surface area contributed by atoms with Gasteiger partial charge in [-0.1, -0.05) is 12.1 Å². The van der Waals surface area contributed by atoms with E-state index in [1.54, 1.807) is 12.1 Å². The zero-order chi connectivity index (χ0) is 9.97. The first-order valence-corrected chi connectivity index (χ1v) is 4.48. The Morgan fingerprint density at radius 1 is 1.21 bits per heavy atom. The summed E-state index contributed by atoms with van der Waals surface area (Å²) >= 11 is 0. The lowest BCUT2D eigenvalue weighted by molar-refractivity contribution is 1.08. The standard InChI is InChI=1S/C12H8N2/c13-7-6-10-5-4-9-2-1-3-11(8-14)12(9)10/h1-3,6H,4-5H2. The Morgan fingerprint density at radius 2 is 2.07 bits per heavy atom. The maximum Gasteiger partial charge on any atom is 0.0998 e. The third-order valence-corrected chi connectivity index (χ3v) is 2.49. The Hall–Kier alpha value is -2.06. The molecule has 1 aromatic rings.